The van der Waals surface area contributed by atoms with Gasteiger partial charge in [0.15, 0.2) is 5.79 Å². The summed E-state index contributed by atoms with van der Waals surface area (Å²) in [5.74, 6) is 0.419. The summed E-state index contributed by atoms with van der Waals surface area (Å²) in [6, 6.07) is 0. The number of hydrogen-bond acceptors (Lipinski definition) is 2. The van der Waals surface area contributed by atoms with E-state index in [9.17, 15) is 0 Å². The predicted octanol–water partition coefficient (Wildman–Crippen LogP) is 2.99. The average molecular weight is 298 g/mol. The van der Waals surface area contributed by atoms with Gasteiger partial charge >= 0.3 is 0 Å². The third kappa shape index (κ3) is 4.13. The van der Waals surface area contributed by atoms with Crippen LogP contribution in [0.2, 0.25) is 0 Å². The minimum absolute atomic E-state index is 0.287. The summed E-state index contributed by atoms with van der Waals surface area (Å²) in [4.78, 5) is 0. The quantitative estimate of drug-likeness (QED) is 0.574. The molecule has 0 bridgehead atoms. The highest BCUT2D eigenvalue weighted by Crippen LogP contribution is 2.28. The van der Waals surface area contributed by atoms with Gasteiger partial charge in [-0.25, -0.2) is 0 Å². The molecule has 1 rings (SSSR count). The number of hydrogen-bond donors (Lipinski definition) is 0. The SMILES string of the molecule is C[C@H](CCCI)CC1(C)OCCO1. The lowest BCUT2D eigenvalue weighted by Crippen LogP contribution is -2.28. The van der Waals surface area contributed by atoms with Gasteiger partial charge in [-0.05, 0) is 30.1 Å². The molecular weight excluding hydrogens is 279 g/mol. The van der Waals surface area contributed by atoms with Crippen molar-refractivity contribution >= 4 is 22.6 Å². The van der Waals surface area contributed by atoms with E-state index in [1.807, 2.05) is 0 Å². The molecule has 0 saturated carbocycles. The molecule has 1 fully saturated rings. The Labute approximate surface area is 94.5 Å². The molecule has 0 amide bonds. The lowest BCUT2D eigenvalue weighted by atomic mass is 9.97. The molecule has 0 unspecified atom stereocenters. The van der Waals surface area contributed by atoms with Crippen molar-refractivity contribution in [2.75, 3.05) is 17.6 Å². The second-order valence-electron chi connectivity index (χ2n) is 3.97. The Morgan fingerprint density at radius 1 is 1.38 bits per heavy atom. The standard InChI is InChI=1S/C10H19IO2/c1-9(4-3-5-11)8-10(2)12-6-7-13-10/h9H,3-8H2,1-2H3/t9-/m1/s1. The second-order valence-corrected chi connectivity index (χ2v) is 5.05. The lowest BCUT2D eigenvalue weighted by Gasteiger charge is -2.25. The molecule has 0 aromatic heterocycles. The van der Waals surface area contributed by atoms with Crippen LogP contribution in [0, 0.1) is 5.92 Å². The first-order chi connectivity index (χ1) is 6.16. The Bertz CT molecular complexity index is 144. The van der Waals surface area contributed by atoms with Crippen LogP contribution in [0.4, 0.5) is 0 Å². The highest BCUT2D eigenvalue weighted by molar-refractivity contribution is 14.1. The van der Waals surface area contributed by atoms with E-state index < -0.39 is 0 Å². The van der Waals surface area contributed by atoms with E-state index >= 15 is 0 Å². The predicted molar refractivity (Wildman–Crippen MR) is 62.2 cm³/mol. The maximum Gasteiger partial charge on any atom is 0.165 e. The normalized spacial score (nSPS) is 23.3. The average Bonchev–Trinajstić information content (AvgIpc) is 2.48. The molecule has 1 saturated heterocycles. The lowest BCUT2D eigenvalue weighted by molar-refractivity contribution is -0.154. The Kier molecular flexibility index (Phi) is 4.97. The van der Waals surface area contributed by atoms with Crippen molar-refractivity contribution in [1.29, 1.82) is 0 Å². The van der Waals surface area contributed by atoms with Crippen LogP contribution in [0.1, 0.15) is 33.1 Å². The Morgan fingerprint density at radius 3 is 2.54 bits per heavy atom. The summed E-state index contributed by atoms with van der Waals surface area (Å²) in [7, 11) is 0. The molecule has 13 heavy (non-hydrogen) atoms. The highest BCUT2D eigenvalue weighted by atomic mass is 127. The fourth-order valence-electron chi connectivity index (χ4n) is 1.84. The largest absolute Gasteiger partial charge is 0.348 e. The van der Waals surface area contributed by atoms with Crippen molar-refractivity contribution in [3.05, 3.63) is 0 Å². The van der Waals surface area contributed by atoms with E-state index in [0.29, 0.717) is 5.92 Å². The molecule has 0 spiro atoms. The van der Waals surface area contributed by atoms with Crippen LogP contribution in [0.5, 0.6) is 0 Å². The van der Waals surface area contributed by atoms with Gasteiger partial charge in [-0.2, -0.15) is 0 Å². The number of alkyl halides is 1. The van der Waals surface area contributed by atoms with Crippen molar-refractivity contribution < 1.29 is 9.47 Å². The van der Waals surface area contributed by atoms with Crippen molar-refractivity contribution in [2.45, 2.75) is 38.9 Å². The number of rotatable bonds is 5. The summed E-state index contributed by atoms with van der Waals surface area (Å²) in [5, 5.41) is 0. The van der Waals surface area contributed by atoms with Gasteiger partial charge in [0.25, 0.3) is 0 Å². The third-order valence-electron chi connectivity index (χ3n) is 2.45. The van der Waals surface area contributed by atoms with Gasteiger partial charge in [0.1, 0.15) is 0 Å². The molecule has 1 heterocycles. The summed E-state index contributed by atoms with van der Waals surface area (Å²) >= 11 is 2.43. The molecule has 1 aliphatic heterocycles. The van der Waals surface area contributed by atoms with Crippen LogP contribution < -0.4 is 0 Å². The van der Waals surface area contributed by atoms with E-state index in [1.165, 1.54) is 17.3 Å². The van der Waals surface area contributed by atoms with Gasteiger partial charge in [0, 0.05) is 6.42 Å². The monoisotopic (exact) mass is 298 g/mol. The smallest absolute Gasteiger partial charge is 0.165 e. The van der Waals surface area contributed by atoms with Gasteiger partial charge in [-0.3, -0.25) is 0 Å². The van der Waals surface area contributed by atoms with Crippen LogP contribution in [0.3, 0.4) is 0 Å². The van der Waals surface area contributed by atoms with E-state index in [0.717, 1.165) is 19.6 Å². The van der Waals surface area contributed by atoms with Crippen LogP contribution in [-0.2, 0) is 9.47 Å². The minimum Gasteiger partial charge on any atom is -0.348 e. The molecule has 0 aliphatic carbocycles. The molecule has 1 atom stereocenters. The van der Waals surface area contributed by atoms with E-state index in [2.05, 4.69) is 36.4 Å². The summed E-state index contributed by atoms with van der Waals surface area (Å²) in [6.45, 7) is 5.86. The van der Waals surface area contributed by atoms with Gasteiger partial charge in [-0.15, -0.1) is 0 Å². The molecule has 0 aromatic carbocycles. The van der Waals surface area contributed by atoms with E-state index in [4.69, 9.17) is 9.47 Å². The molecule has 0 aromatic rings. The molecule has 78 valence electrons. The van der Waals surface area contributed by atoms with Gasteiger partial charge in [0.05, 0.1) is 13.2 Å². The van der Waals surface area contributed by atoms with Gasteiger partial charge in [-0.1, -0.05) is 29.5 Å². The zero-order valence-corrected chi connectivity index (χ0v) is 10.7. The summed E-state index contributed by atoms with van der Waals surface area (Å²) in [6.07, 6.45) is 3.62. The zero-order chi connectivity index (χ0) is 9.73. The van der Waals surface area contributed by atoms with Gasteiger partial charge < -0.3 is 9.47 Å². The maximum atomic E-state index is 5.57. The molecule has 0 radical (unpaired) electrons. The second kappa shape index (κ2) is 5.51. The Hall–Kier alpha value is 0.650. The summed E-state index contributed by atoms with van der Waals surface area (Å²) in [5.41, 5.74) is 0. The zero-order valence-electron chi connectivity index (χ0n) is 8.51. The van der Waals surface area contributed by atoms with E-state index in [1.54, 1.807) is 0 Å². The highest BCUT2D eigenvalue weighted by Gasteiger charge is 2.32. The first-order valence-electron chi connectivity index (χ1n) is 5.00. The molecular formula is C10H19IO2. The first kappa shape index (κ1) is 11.7. The Balaban J connectivity index is 2.21. The van der Waals surface area contributed by atoms with Gasteiger partial charge in [0.2, 0.25) is 0 Å². The van der Waals surface area contributed by atoms with Crippen LogP contribution in [0.15, 0.2) is 0 Å². The molecule has 2 nitrogen and oxygen atoms in total. The summed E-state index contributed by atoms with van der Waals surface area (Å²) < 4.78 is 12.4. The van der Waals surface area contributed by atoms with Crippen LogP contribution >= 0.6 is 22.6 Å². The first-order valence-corrected chi connectivity index (χ1v) is 6.53. The molecule has 3 heteroatoms. The fourth-order valence-corrected chi connectivity index (χ4v) is 2.28. The van der Waals surface area contributed by atoms with E-state index in [-0.39, 0.29) is 5.79 Å². The number of halogens is 1. The van der Waals surface area contributed by atoms with Crippen molar-refractivity contribution in [3.8, 4) is 0 Å². The Morgan fingerprint density at radius 2 is 2.00 bits per heavy atom. The molecule has 1 aliphatic rings. The maximum absolute atomic E-state index is 5.57. The topological polar surface area (TPSA) is 18.5 Å². The molecule has 0 N–H and O–H groups in total. The fraction of sp³-hybridized carbons (Fsp3) is 1.00. The van der Waals surface area contributed by atoms with Crippen molar-refractivity contribution in [1.82, 2.24) is 0 Å². The van der Waals surface area contributed by atoms with Crippen LogP contribution in [-0.4, -0.2) is 23.4 Å². The van der Waals surface area contributed by atoms with Crippen molar-refractivity contribution in [2.24, 2.45) is 5.92 Å². The van der Waals surface area contributed by atoms with Crippen molar-refractivity contribution in [3.63, 3.8) is 0 Å². The number of ether oxygens (including phenoxy) is 2. The third-order valence-corrected chi connectivity index (χ3v) is 3.21. The van der Waals surface area contributed by atoms with Crippen LogP contribution in [0.25, 0.3) is 0 Å². The minimum atomic E-state index is -0.287.